The molecule has 3 rings (SSSR count). The lowest BCUT2D eigenvalue weighted by atomic mass is 10.0. The van der Waals surface area contributed by atoms with Crippen LogP contribution in [0, 0.1) is 0 Å². The summed E-state index contributed by atoms with van der Waals surface area (Å²) in [6.45, 7) is 1.12. The van der Waals surface area contributed by atoms with Gasteiger partial charge in [0, 0.05) is 18.2 Å². The van der Waals surface area contributed by atoms with Gasteiger partial charge in [-0.05, 0) is 17.7 Å². The molecule has 170 valence electrons. The number of esters is 1. The van der Waals surface area contributed by atoms with Crippen molar-refractivity contribution < 1.29 is 38.6 Å². The Morgan fingerprint density at radius 1 is 1.34 bits per heavy atom. The second-order valence-electron chi connectivity index (χ2n) is 6.79. The summed E-state index contributed by atoms with van der Waals surface area (Å²) in [4.78, 5) is 53.5. The van der Waals surface area contributed by atoms with Crippen molar-refractivity contribution in [2.24, 2.45) is 5.16 Å². The van der Waals surface area contributed by atoms with Gasteiger partial charge in [0.05, 0.1) is 7.11 Å². The van der Waals surface area contributed by atoms with Crippen molar-refractivity contribution in [2.75, 3.05) is 19.5 Å². The molecule has 11 nitrogen and oxygen atoms in total. The summed E-state index contributed by atoms with van der Waals surface area (Å²) in [6, 6.07) is 6.25. The van der Waals surface area contributed by atoms with Crippen molar-refractivity contribution in [1.29, 1.82) is 0 Å². The number of aliphatic carboxylic acids is 1. The predicted molar refractivity (Wildman–Crippen MR) is 113 cm³/mol. The van der Waals surface area contributed by atoms with E-state index >= 15 is 0 Å². The molecule has 2 aliphatic heterocycles. The number of carbonyl (C=O) groups excluding carboxylic acids is 3. The van der Waals surface area contributed by atoms with E-state index in [-0.39, 0.29) is 24.7 Å². The maximum atomic E-state index is 12.5. The zero-order valence-electron chi connectivity index (χ0n) is 17.3. The number of carboxylic acids is 1. The molecule has 2 atom stereocenters. The number of hydrogen-bond acceptors (Lipinski definition) is 9. The molecule has 0 saturated carbocycles. The number of β-lactam (4-membered cyclic amide) rings is 1. The Hall–Kier alpha value is -3.54. The number of carbonyl (C=O) groups is 4. The number of nitrogens with zero attached hydrogens (tertiary/aromatic N) is 2. The van der Waals surface area contributed by atoms with Gasteiger partial charge in [0.15, 0.2) is 0 Å². The number of ether oxygens (including phenoxy) is 2. The molecule has 2 N–H and O–H groups in total. The summed E-state index contributed by atoms with van der Waals surface area (Å²) in [5, 5.41) is 15.0. The number of benzene rings is 1. The Labute approximate surface area is 187 Å². The molecule has 1 aromatic rings. The molecule has 32 heavy (non-hydrogen) atoms. The van der Waals surface area contributed by atoms with E-state index in [1.165, 1.54) is 18.7 Å². The maximum Gasteiger partial charge on any atom is 0.352 e. The molecule has 2 heterocycles. The zero-order valence-corrected chi connectivity index (χ0v) is 18.1. The van der Waals surface area contributed by atoms with Crippen molar-refractivity contribution in [3.8, 4) is 5.75 Å². The van der Waals surface area contributed by atoms with E-state index in [2.05, 4.69) is 10.5 Å². The maximum absolute atomic E-state index is 12.5. The molecule has 1 fully saturated rings. The van der Waals surface area contributed by atoms with Crippen LogP contribution < -0.4 is 10.1 Å². The van der Waals surface area contributed by atoms with Gasteiger partial charge in [-0.2, -0.15) is 0 Å². The first-order chi connectivity index (χ1) is 15.3. The highest BCUT2D eigenvalue weighted by Gasteiger charge is 2.54. The SMILES string of the molecule is COc1cccc(CO/N=C/C(=O)N[C@@H]2C(=O)N3C(C(=O)O)=C(COC(C)=O)CS[C@H]23)c1. The van der Waals surface area contributed by atoms with Crippen LogP contribution in [0.3, 0.4) is 0 Å². The van der Waals surface area contributed by atoms with E-state index in [0.29, 0.717) is 11.3 Å². The molecule has 12 heteroatoms. The summed E-state index contributed by atoms with van der Waals surface area (Å²) in [7, 11) is 1.55. The van der Waals surface area contributed by atoms with Crippen LogP contribution in [0.2, 0.25) is 0 Å². The highest BCUT2D eigenvalue weighted by Crippen LogP contribution is 2.40. The van der Waals surface area contributed by atoms with Crippen LogP contribution >= 0.6 is 11.8 Å². The number of methoxy groups -OCH3 is 1. The Kier molecular flexibility index (Phi) is 7.36. The summed E-state index contributed by atoms with van der Waals surface area (Å²) in [6.07, 6.45) is 0.906. The fraction of sp³-hybridized carbons (Fsp3) is 0.350. The minimum atomic E-state index is -1.30. The van der Waals surface area contributed by atoms with Crippen molar-refractivity contribution >= 4 is 41.7 Å². The van der Waals surface area contributed by atoms with Crippen molar-refractivity contribution in [3.05, 3.63) is 41.1 Å². The molecular formula is C20H21N3O8S. The molecule has 0 unspecified atom stereocenters. The quantitative estimate of drug-likeness (QED) is 0.231. The van der Waals surface area contributed by atoms with Gasteiger partial charge >= 0.3 is 11.9 Å². The van der Waals surface area contributed by atoms with E-state index in [1.54, 1.807) is 25.3 Å². The lowest BCUT2D eigenvalue weighted by molar-refractivity contribution is -0.150. The number of thioether (sulfide) groups is 1. The number of amides is 2. The van der Waals surface area contributed by atoms with Crippen molar-refractivity contribution in [2.45, 2.75) is 24.9 Å². The first-order valence-electron chi connectivity index (χ1n) is 9.44. The van der Waals surface area contributed by atoms with Crippen LogP contribution in [0.15, 0.2) is 40.7 Å². The van der Waals surface area contributed by atoms with E-state index in [4.69, 9.17) is 14.3 Å². The second kappa shape index (κ2) is 10.2. The van der Waals surface area contributed by atoms with Crippen LogP contribution in [-0.2, 0) is 35.4 Å². The molecule has 2 aliphatic rings. The Morgan fingerprint density at radius 3 is 2.81 bits per heavy atom. The minimum Gasteiger partial charge on any atom is -0.497 e. The summed E-state index contributed by atoms with van der Waals surface area (Å²) < 4.78 is 9.99. The molecular weight excluding hydrogens is 442 g/mol. The highest BCUT2D eigenvalue weighted by molar-refractivity contribution is 8.00. The molecule has 2 amide bonds. The van der Waals surface area contributed by atoms with Crippen LogP contribution in [0.1, 0.15) is 12.5 Å². The average molecular weight is 463 g/mol. The lowest BCUT2D eigenvalue weighted by Crippen LogP contribution is -2.70. The third-order valence-electron chi connectivity index (χ3n) is 4.61. The summed E-state index contributed by atoms with van der Waals surface area (Å²) in [5.41, 5.74) is 0.892. The van der Waals surface area contributed by atoms with Crippen molar-refractivity contribution in [1.82, 2.24) is 10.2 Å². The molecule has 0 bridgehead atoms. The fourth-order valence-electron chi connectivity index (χ4n) is 3.13. The van der Waals surface area contributed by atoms with Crippen LogP contribution in [0.5, 0.6) is 5.75 Å². The topological polar surface area (TPSA) is 144 Å². The predicted octanol–water partition coefficient (Wildman–Crippen LogP) is 0.499. The summed E-state index contributed by atoms with van der Waals surface area (Å²) >= 11 is 1.27. The Bertz CT molecular complexity index is 993. The van der Waals surface area contributed by atoms with E-state index in [1.807, 2.05) is 6.07 Å². The first kappa shape index (κ1) is 23.1. The van der Waals surface area contributed by atoms with Crippen LogP contribution in [0.25, 0.3) is 0 Å². The Balaban J connectivity index is 1.55. The number of nitrogens with one attached hydrogen (secondary N) is 1. The number of rotatable bonds is 9. The highest BCUT2D eigenvalue weighted by atomic mass is 32.2. The number of fused-ring (bicyclic) bond motifs is 1. The van der Waals surface area contributed by atoms with E-state index < -0.39 is 35.2 Å². The lowest BCUT2D eigenvalue weighted by Gasteiger charge is -2.49. The molecule has 0 radical (unpaired) electrons. The fourth-order valence-corrected chi connectivity index (χ4v) is 4.46. The number of oxime groups is 1. The van der Waals surface area contributed by atoms with Gasteiger partial charge in [-0.15, -0.1) is 11.8 Å². The molecule has 0 aliphatic carbocycles. The van der Waals surface area contributed by atoms with Crippen molar-refractivity contribution in [3.63, 3.8) is 0 Å². The monoisotopic (exact) mass is 463 g/mol. The van der Waals surface area contributed by atoms with E-state index in [9.17, 15) is 24.3 Å². The average Bonchev–Trinajstić information content (AvgIpc) is 2.78. The largest absolute Gasteiger partial charge is 0.497 e. The third kappa shape index (κ3) is 5.19. The van der Waals surface area contributed by atoms with Gasteiger partial charge < -0.3 is 24.7 Å². The molecule has 0 aromatic heterocycles. The van der Waals surface area contributed by atoms with Crippen LogP contribution in [-0.4, -0.2) is 70.9 Å². The first-order valence-corrected chi connectivity index (χ1v) is 10.5. The summed E-state index contributed by atoms with van der Waals surface area (Å²) in [5.74, 6) is -2.17. The van der Waals surface area contributed by atoms with Gasteiger partial charge in [-0.25, -0.2) is 4.79 Å². The molecule has 1 aromatic carbocycles. The van der Waals surface area contributed by atoms with Gasteiger partial charge in [0.1, 0.15) is 42.3 Å². The Morgan fingerprint density at radius 2 is 2.12 bits per heavy atom. The normalized spacial score (nSPS) is 19.8. The second-order valence-corrected chi connectivity index (χ2v) is 7.90. The molecule has 0 spiro atoms. The minimum absolute atomic E-state index is 0.119. The van der Waals surface area contributed by atoms with Crippen LogP contribution in [0.4, 0.5) is 0 Å². The number of carboxylic acid groups (broad SMARTS) is 1. The molecule has 1 saturated heterocycles. The van der Waals surface area contributed by atoms with E-state index in [0.717, 1.165) is 16.7 Å². The third-order valence-corrected chi connectivity index (χ3v) is 5.95. The van der Waals surface area contributed by atoms with Gasteiger partial charge in [-0.3, -0.25) is 19.3 Å². The zero-order chi connectivity index (χ0) is 23.3. The van der Waals surface area contributed by atoms with Gasteiger partial charge in [0.2, 0.25) is 0 Å². The standard InChI is InChI=1S/C20H21N3O8S/c1-11(24)30-9-13-10-32-19-16(18(26)23(19)17(13)20(27)28)22-15(25)7-21-31-8-12-4-3-5-14(6-12)29-2/h3-7,16,19H,8-10H2,1-2H3,(H,22,25)(H,27,28)/b21-7+/t16-,19-/m1/s1. The van der Waals surface area contributed by atoms with Gasteiger partial charge in [-0.1, -0.05) is 17.3 Å². The number of hydrogen-bond donors (Lipinski definition) is 2. The smallest absolute Gasteiger partial charge is 0.352 e. The van der Waals surface area contributed by atoms with Gasteiger partial charge in [0.25, 0.3) is 11.8 Å².